The quantitative estimate of drug-likeness (QED) is 0.368. The molecule has 4 rings (SSSR count). The van der Waals surface area contributed by atoms with Gasteiger partial charge in [0, 0.05) is 21.7 Å². The standard InChI is InChI=1S/C24H19ClN2O4/c1-30-18-11-9-15(10-12-18)20(28)14-26-22-19-7-2-3-8-21(19)31-23(22)24(29)27-17-6-4-5-16(25)13-17/h2-13,26H,14H2,1H3,(H,27,29). The van der Waals surface area contributed by atoms with Crippen LogP contribution in [0.4, 0.5) is 11.4 Å². The Balaban J connectivity index is 1.58. The van der Waals surface area contributed by atoms with Gasteiger partial charge >= 0.3 is 0 Å². The molecule has 3 aromatic carbocycles. The molecule has 1 heterocycles. The van der Waals surface area contributed by atoms with E-state index in [1.54, 1.807) is 61.7 Å². The predicted molar refractivity (Wildman–Crippen MR) is 121 cm³/mol. The summed E-state index contributed by atoms with van der Waals surface area (Å²) < 4.78 is 10.9. The van der Waals surface area contributed by atoms with Gasteiger partial charge in [-0.05, 0) is 54.6 Å². The van der Waals surface area contributed by atoms with Gasteiger partial charge in [-0.25, -0.2) is 0 Å². The van der Waals surface area contributed by atoms with E-state index < -0.39 is 5.91 Å². The molecule has 31 heavy (non-hydrogen) atoms. The van der Waals surface area contributed by atoms with Crippen LogP contribution in [0.2, 0.25) is 5.02 Å². The van der Waals surface area contributed by atoms with Gasteiger partial charge in [-0.3, -0.25) is 9.59 Å². The molecule has 0 saturated heterocycles. The van der Waals surface area contributed by atoms with E-state index in [1.807, 2.05) is 18.2 Å². The number of furan rings is 1. The van der Waals surface area contributed by atoms with E-state index in [9.17, 15) is 9.59 Å². The van der Waals surface area contributed by atoms with Gasteiger partial charge < -0.3 is 19.8 Å². The minimum Gasteiger partial charge on any atom is -0.497 e. The molecule has 1 amide bonds. The molecule has 6 nitrogen and oxygen atoms in total. The van der Waals surface area contributed by atoms with Gasteiger partial charge in [0.15, 0.2) is 5.78 Å². The van der Waals surface area contributed by atoms with Crippen molar-refractivity contribution in [1.82, 2.24) is 0 Å². The van der Waals surface area contributed by atoms with Crippen LogP contribution >= 0.6 is 11.6 Å². The number of anilines is 2. The Morgan fingerprint density at radius 3 is 2.52 bits per heavy atom. The second kappa shape index (κ2) is 8.93. The van der Waals surface area contributed by atoms with Crippen molar-refractivity contribution >= 4 is 45.6 Å². The first-order chi connectivity index (χ1) is 15.0. The van der Waals surface area contributed by atoms with Crippen LogP contribution in [-0.2, 0) is 0 Å². The number of ether oxygens (including phenoxy) is 1. The Bertz CT molecular complexity index is 1250. The van der Waals surface area contributed by atoms with E-state index in [-0.39, 0.29) is 18.1 Å². The first kappa shape index (κ1) is 20.5. The smallest absolute Gasteiger partial charge is 0.293 e. The van der Waals surface area contributed by atoms with Crippen LogP contribution in [-0.4, -0.2) is 25.3 Å². The number of hydrogen-bond donors (Lipinski definition) is 2. The molecular weight excluding hydrogens is 416 g/mol. The lowest BCUT2D eigenvalue weighted by atomic mass is 10.1. The summed E-state index contributed by atoms with van der Waals surface area (Å²) in [6.45, 7) is -0.00665. The number of amides is 1. The first-order valence-electron chi connectivity index (χ1n) is 9.55. The molecule has 0 spiro atoms. The normalized spacial score (nSPS) is 10.6. The van der Waals surface area contributed by atoms with Crippen molar-refractivity contribution in [1.29, 1.82) is 0 Å². The molecule has 2 N–H and O–H groups in total. The third-order valence-electron chi connectivity index (χ3n) is 4.72. The van der Waals surface area contributed by atoms with Gasteiger partial charge in [-0.2, -0.15) is 0 Å². The molecule has 0 aliphatic heterocycles. The molecule has 0 aliphatic carbocycles. The molecule has 0 unspecified atom stereocenters. The molecule has 156 valence electrons. The number of methoxy groups -OCH3 is 1. The zero-order chi connectivity index (χ0) is 21.8. The summed E-state index contributed by atoms with van der Waals surface area (Å²) in [5.74, 6) is 0.181. The number of carbonyl (C=O) groups is 2. The summed E-state index contributed by atoms with van der Waals surface area (Å²) >= 11 is 6.00. The molecule has 0 bridgehead atoms. The molecule has 0 radical (unpaired) electrons. The van der Waals surface area contributed by atoms with Gasteiger partial charge in [-0.15, -0.1) is 0 Å². The maximum absolute atomic E-state index is 12.9. The molecule has 4 aromatic rings. The maximum atomic E-state index is 12.9. The molecule has 1 aromatic heterocycles. The van der Waals surface area contributed by atoms with E-state index in [1.165, 1.54) is 0 Å². The zero-order valence-electron chi connectivity index (χ0n) is 16.6. The number of ketones is 1. The van der Waals surface area contributed by atoms with Gasteiger partial charge in [0.1, 0.15) is 11.3 Å². The largest absolute Gasteiger partial charge is 0.497 e. The highest BCUT2D eigenvalue weighted by Crippen LogP contribution is 2.31. The van der Waals surface area contributed by atoms with E-state index >= 15 is 0 Å². The number of hydrogen-bond acceptors (Lipinski definition) is 5. The molecule has 0 aliphatic rings. The lowest BCUT2D eigenvalue weighted by Gasteiger charge is -2.08. The van der Waals surface area contributed by atoms with Crippen molar-refractivity contribution in [3.63, 3.8) is 0 Å². The average molecular weight is 435 g/mol. The SMILES string of the molecule is COc1ccc(C(=O)CNc2c(C(=O)Nc3cccc(Cl)c3)oc3ccccc23)cc1. The summed E-state index contributed by atoms with van der Waals surface area (Å²) in [5, 5.41) is 7.07. The van der Waals surface area contributed by atoms with Crippen LogP contribution in [0.3, 0.4) is 0 Å². The number of fused-ring (bicyclic) bond motifs is 1. The number of para-hydroxylation sites is 1. The predicted octanol–water partition coefficient (Wildman–Crippen LogP) is 5.64. The molecular formula is C24H19ClN2O4. The van der Waals surface area contributed by atoms with E-state index in [2.05, 4.69) is 10.6 Å². The maximum Gasteiger partial charge on any atom is 0.293 e. The Morgan fingerprint density at radius 1 is 1.00 bits per heavy atom. The lowest BCUT2D eigenvalue weighted by Crippen LogP contribution is -2.17. The third kappa shape index (κ3) is 4.54. The summed E-state index contributed by atoms with van der Waals surface area (Å²) in [4.78, 5) is 25.6. The Morgan fingerprint density at radius 2 is 1.77 bits per heavy atom. The van der Waals surface area contributed by atoms with Crippen LogP contribution in [0.1, 0.15) is 20.9 Å². The fourth-order valence-electron chi connectivity index (χ4n) is 3.18. The van der Waals surface area contributed by atoms with Crippen LogP contribution in [0.15, 0.2) is 77.2 Å². The Kier molecular flexibility index (Phi) is 5.91. The number of benzene rings is 3. The first-order valence-corrected chi connectivity index (χ1v) is 9.92. The highest BCUT2D eigenvalue weighted by molar-refractivity contribution is 6.31. The molecule has 0 atom stereocenters. The number of rotatable bonds is 7. The van der Waals surface area contributed by atoms with Crippen molar-refractivity contribution in [3.8, 4) is 5.75 Å². The van der Waals surface area contributed by atoms with Crippen molar-refractivity contribution in [2.24, 2.45) is 0 Å². The highest BCUT2D eigenvalue weighted by atomic mass is 35.5. The molecule has 0 saturated carbocycles. The van der Waals surface area contributed by atoms with Gasteiger partial charge in [0.05, 0.1) is 19.3 Å². The fraction of sp³-hybridized carbons (Fsp3) is 0.0833. The Labute approximate surface area is 183 Å². The van der Waals surface area contributed by atoms with Crippen molar-refractivity contribution in [3.05, 3.63) is 89.1 Å². The van der Waals surface area contributed by atoms with Crippen molar-refractivity contribution < 1.29 is 18.7 Å². The zero-order valence-corrected chi connectivity index (χ0v) is 17.4. The van der Waals surface area contributed by atoms with E-state index in [0.29, 0.717) is 38.7 Å². The van der Waals surface area contributed by atoms with Crippen LogP contribution in [0.25, 0.3) is 11.0 Å². The van der Waals surface area contributed by atoms with E-state index in [0.717, 1.165) is 0 Å². The fourth-order valence-corrected chi connectivity index (χ4v) is 3.37. The molecule has 0 fully saturated rings. The summed E-state index contributed by atoms with van der Waals surface area (Å²) in [7, 11) is 1.57. The number of carbonyl (C=O) groups excluding carboxylic acids is 2. The van der Waals surface area contributed by atoms with Gasteiger partial charge in [0.25, 0.3) is 5.91 Å². The van der Waals surface area contributed by atoms with Crippen molar-refractivity contribution in [2.75, 3.05) is 24.3 Å². The van der Waals surface area contributed by atoms with Crippen LogP contribution < -0.4 is 15.4 Å². The monoisotopic (exact) mass is 434 g/mol. The lowest BCUT2D eigenvalue weighted by molar-refractivity contribution is 0.0991. The number of nitrogens with one attached hydrogen (secondary N) is 2. The summed E-state index contributed by atoms with van der Waals surface area (Å²) in [5.41, 5.74) is 2.07. The second-order valence-electron chi connectivity index (χ2n) is 6.77. The third-order valence-corrected chi connectivity index (χ3v) is 4.96. The highest BCUT2D eigenvalue weighted by Gasteiger charge is 2.21. The van der Waals surface area contributed by atoms with Gasteiger partial charge in [0.2, 0.25) is 5.76 Å². The minimum absolute atomic E-state index is 0.00665. The van der Waals surface area contributed by atoms with Crippen molar-refractivity contribution in [2.45, 2.75) is 0 Å². The summed E-state index contributed by atoms with van der Waals surface area (Å²) in [6.07, 6.45) is 0. The second-order valence-corrected chi connectivity index (χ2v) is 7.21. The topological polar surface area (TPSA) is 80.6 Å². The van der Waals surface area contributed by atoms with Gasteiger partial charge in [-0.1, -0.05) is 29.8 Å². The number of halogens is 1. The Hall–Kier alpha value is -3.77. The van der Waals surface area contributed by atoms with E-state index in [4.69, 9.17) is 20.8 Å². The minimum atomic E-state index is -0.446. The van der Waals surface area contributed by atoms with Crippen LogP contribution in [0.5, 0.6) is 5.75 Å². The number of Topliss-reactive ketones (excluding diaryl/α,β-unsaturated/α-hetero) is 1. The average Bonchev–Trinajstić information content (AvgIpc) is 3.16. The van der Waals surface area contributed by atoms with Crippen LogP contribution in [0, 0.1) is 0 Å². The summed E-state index contributed by atoms with van der Waals surface area (Å²) in [6, 6.07) is 20.9. The molecule has 7 heteroatoms.